The van der Waals surface area contributed by atoms with Crippen LogP contribution in [0.4, 0.5) is 4.79 Å². The van der Waals surface area contributed by atoms with Crippen LogP contribution in [0, 0.1) is 0 Å². The minimum absolute atomic E-state index is 0.281. The maximum Gasteiger partial charge on any atom is 0.492 e. The molecule has 0 bridgehead atoms. The van der Waals surface area contributed by atoms with Crippen molar-refractivity contribution in [3.8, 4) is 0 Å². The van der Waals surface area contributed by atoms with Crippen LogP contribution in [-0.2, 0) is 14.0 Å². The first-order valence-electron chi connectivity index (χ1n) is 10.6. The molecular formula is C23H38BNO4Si. The van der Waals surface area contributed by atoms with Crippen molar-refractivity contribution in [3.63, 3.8) is 0 Å². The average Bonchev–Trinajstić information content (AvgIpc) is 2.77. The van der Waals surface area contributed by atoms with Crippen LogP contribution in [-0.4, -0.2) is 44.6 Å². The van der Waals surface area contributed by atoms with Gasteiger partial charge in [0, 0.05) is 6.54 Å². The van der Waals surface area contributed by atoms with E-state index in [-0.39, 0.29) is 6.54 Å². The molecule has 30 heavy (non-hydrogen) atoms. The van der Waals surface area contributed by atoms with Crippen molar-refractivity contribution >= 4 is 32.5 Å². The Labute approximate surface area is 183 Å². The molecule has 0 aromatic heterocycles. The third kappa shape index (κ3) is 6.46. The Balaban J connectivity index is 2.32. The molecule has 0 spiro atoms. The van der Waals surface area contributed by atoms with E-state index in [1.54, 1.807) is 0 Å². The van der Waals surface area contributed by atoms with E-state index in [1.165, 1.54) is 5.19 Å². The fourth-order valence-corrected chi connectivity index (χ4v) is 4.19. The van der Waals surface area contributed by atoms with Crippen LogP contribution >= 0.6 is 0 Å². The number of hydrogen-bond acceptors (Lipinski definition) is 4. The summed E-state index contributed by atoms with van der Waals surface area (Å²) in [7, 11) is -1.98. The Morgan fingerprint density at radius 3 is 2.20 bits per heavy atom. The summed E-state index contributed by atoms with van der Waals surface area (Å²) in [5.74, 6) is 0. The molecule has 7 heteroatoms. The van der Waals surface area contributed by atoms with Gasteiger partial charge in [0.05, 0.1) is 19.3 Å². The summed E-state index contributed by atoms with van der Waals surface area (Å²) in [6.45, 7) is 20.9. The highest BCUT2D eigenvalue weighted by Crippen LogP contribution is 2.38. The second-order valence-electron chi connectivity index (χ2n) is 11.0. The molecule has 1 saturated heterocycles. The lowest BCUT2D eigenvalue weighted by Crippen LogP contribution is -2.41. The summed E-state index contributed by atoms with van der Waals surface area (Å²) < 4.78 is 17.9. The SMILES string of the molecule is CC(C)(C)OC(=O)NCC(=Cc1cccc([Si](C)(C)C)c1)B1OC(C)(C)C(C)(C)O1. The predicted molar refractivity (Wildman–Crippen MR) is 128 cm³/mol. The van der Waals surface area contributed by atoms with Crippen molar-refractivity contribution in [3.05, 3.63) is 35.3 Å². The Bertz CT molecular complexity index is 790. The molecule has 0 aliphatic carbocycles. The molecule has 1 aliphatic rings. The van der Waals surface area contributed by atoms with Gasteiger partial charge in [-0.05, 0) is 59.5 Å². The van der Waals surface area contributed by atoms with Gasteiger partial charge in [-0.1, -0.05) is 55.2 Å². The van der Waals surface area contributed by atoms with Crippen LogP contribution in [0.2, 0.25) is 19.6 Å². The normalized spacial score (nSPS) is 19.0. The van der Waals surface area contributed by atoms with Gasteiger partial charge >= 0.3 is 13.2 Å². The van der Waals surface area contributed by atoms with E-state index < -0.39 is 38.1 Å². The number of carbonyl (C=O) groups is 1. The van der Waals surface area contributed by atoms with E-state index >= 15 is 0 Å². The van der Waals surface area contributed by atoms with Gasteiger partial charge < -0.3 is 19.4 Å². The molecule has 1 fully saturated rings. The van der Waals surface area contributed by atoms with Crippen LogP contribution in [0.1, 0.15) is 54.0 Å². The van der Waals surface area contributed by atoms with E-state index in [4.69, 9.17) is 14.0 Å². The first-order chi connectivity index (χ1) is 13.5. The lowest BCUT2D eigenvalue weighted by molar-refractivity contribution is 0.00578. The zero-order valence-electron chi connectivity index (χ0n) is 20.3. The van der Waals surface area contributed by atoms with E-state index in [2.05, 4.69) is 55.3 Å². The van der Waals surface area contributed by atoms with Gasteiger partial charge in [-0.15, -0.1) is 0 Å². The quantitative estimate of drug-likeness (QED) is 0.683. The highest BCUT2D eigenvalue weighted by atomic mass is 28.3. The molecule has 1 N–H and O–H groups in total. The van der Waals surface area contributed by atoms with Crippen molar-refractivity contribution in [2.45, 2.75) is 84.9 Å². The lowest BCUT2D eigenvalue weighted by atomic mass is 9.77. The average molecular weight is 431 g/mol. The molecule has 0 unspecified atom stereocenters. The molecule has 1 aromatic rings. The Hall–Kier alpha value is -1.57. The third-order valence-corrected chi connectivity index (χ3v) is 7.54. The van der Waals surface area contributed by atoms with E-state index in [1.807, 2.05) is 48.5 Å². The van der Waals surface area contributed by atoms with Crippen LogP contribution in [0.25, 0.3) is 6.08 Å². The molecule has 5 nitrogen and oxygen atoms in total. The largest absolute Gasteiger partial charge is 0.492 e. The number of ether oxygens (including phenoxy) is 1. The second kappa shape index (κ2) is 8.52. The number of rotatable bonds is 5. The summed E-state index contributed by atoms with van der Waals surface area (Å²) in [6.07, 6.45) is 1.60. The molecular weight excluding hydrogens is 393 g/mol. The number of amides is 1. The molecule has 166 valence electrons. The van der Waals surface area contributed by atoms with Gasteiger partial charge in [-0.25, -0.2) is 4.79 Å². The van der Waals surface area contributed by atoms with E-state index in [0.717, 1.165) is 11.0 Å². The summed E-state index contributed by atoms with van der Waals surface area (Å²) in [5, 5.41) is 4.23. The summed E-state index contributed by atoms with van der Waals surface area (Å²) in [6, 6.07) is 8.58. The number of nitrogens with one attached hydrogen (secondary N) is 1. The van der Waals surface area contributed by atoms with Crippen molar-refractivity contribution < 1.29 is 18.8 Å². The molecule has 1 heterocycles. The third-order valence-electron chi connectivity index (χ3n) is 5.50. The van der Waals surface area contributed by atoms with Crippen molar-refractivity contribution in [2.75, 3.05) is 6.54 Å². The zero-order chi connectivity index (χ0) is 23.0. The highest BCUT2D eigenvalue weighted by Gasteiger charge is 2.52. The predicted octanol–water partition coefficient (Wildman–Crippen LogP) is 4.77. The summed E-state index contributed by atoms with van der Waals surface area (Å²) in [4.78, 5) is 12.2. The molecule has 2 rings (SSSR count). The molecule has 1 aromatic carbocycles. The maximum absolute atomic E-state index is 12.2. The van der Waals surface area contributed by atoms with Gasteiger partial charge in [0.1, 0.15) is 5.60 Å². The molecule has 1 aliphatic heterocycles. The molecule has 0 radical (unpaired) electrons. The standard InChI is InChI=1S/C23H38BNO4Si/c1-21(2,3)27-20(26)25-16-18(24-28-22(4,5)23(6,7)29-24)14-17-12-11-13-19(15-17)30(8,9)10/h11-15H,16H2,1-10H3,(H,25,26). The maximum atomic E-state index is 12.2. The minimum atomic E-state index is -1.44. The van der Waals surface area contributed by atoms with Crippen LogP contribution in [0.15, 0.2) is 29.7 Å². The first kappa shape index (κ1) is 24.7. The monoisotopic (exact) mass is 431 g/mol. The molecule has 0 atom stereocenters. The van der Waals surface area contributed by atoms with E-state index in [9.17, 15) is 4.79 Å². The Kier molecular flexibility index (Phi) is 7.01. The summed E-state index contributed by atoms with van der Waals surface area (Å²) >= 11 is 0. The smallest absolute Gasteiger partial charge is 0.444 e. The number of carbonyl (C=O) groups excluding carboxylic acids is 1. The topological polar surface area (TPSA) is 56.8 Å². The van der Waals surface area contributed by atoms with Crippen molar-refractivity contribution in [1.29, 1.82) is 0 Å². The van der Waals surface area contributed by atoms with Crippen LogP contribution < -0.4 is 10.5 Å². The van der Waals surface area contributed by atoms with Crippen LogP contribution in [0.3, 0.4) is 0 Å². The van der Waals surface area contributed by atoms with Crippen molar-refractivity contribution in [2.24, 2.45) is 0 Å². The van der Waals surface area contributed by atoms with E-state index in [0.29, 0.717) is 0 Å². The molecule has 0 saturated carbocycles. The Morgan fingerprint density at radius 1 is 1.13 bits per heavy atom. The fraction of sp³-hybridized carbons (Fsp3) is 0.609. The lowest BCUT2D eigenvalue weighted by Gasteiger charge is -2.32. The van der Waals surface area contributed by atoms with Crippen molar-refractivity contribution in [1.82, 2.24) is 5.32 Å². The van der Waals surface area contributed by atoms with Gasteiger partial charge in [-0.3, -0.25) is 0 Å². The number of benzene rings is 1. The first-order valence-corrected chi connectivity index (χ1v) is 14.1. The number of alkyl carbamates (subject to hydrolysis) is 1. The molecule has 1 amide bonds. The zero-order valence-corrected chi connectivity index (χ0v) is 21.3. The van der Waals surface area contributed by atoms with Gasteiger partial charge in [0.25, 0.3) is 0 Å². The Morgan fingerprint density at radius 2 is 1.70 bits per heavy atom. The number of hydrogen-bond donors (Lipinski definition) is 1. The second-order valence-corrected chi connectivity index (χ2v) is 16.1. The summed E-state index contributed by atoms with van der Waals surface area (Å²) in [5.41, 5.74) is 0.466. The van der Waals surface area contributed by atoms with Gasteiger partial charge in [-0.2, -0.15) is 0 Å². The van der Waals surface area contributed by atoms with Gasteiger partial charge in [0.15, 0.2) is 0 Å². The minimum Gasteiger partial charge on any atom is -0.444 e. The fourth-order valence-electron chi connectivity index (χ4n) is 2.99. The van der Waals surface area contributed by atoms with Gasteiger partial charge in [0.2, 0.25) is 0 Å². The highest BCUT2D eigenvalue weighted by molar-refractivity contribution is 6.88. The van der Waals surface area contributed by atoms with Crippen LogP contribution in [0.5, 0.6) is 0 Å².